The van der Waals surface area contributed by atoms with Crippen LogP contribution in [-0.4, -0.2) is 42.9 Å². The Morgan fingerprint density at radius 3 is 2.39 bits per heavy atom. The molecule has 5 nitrogen and oxygen atoms in total. The first-order valence-corrected chi connectivity index (χ1v) is 11.5. The third kappa shape index (κ3) is 3.49. The number of hydrogen-bond donors (Lipinski definition) is 1. The lowest BCUT2D eigenvalue weighted by Gasteiger charge is -2.44. The summed E-state index contributed by atoms with van der Waals surface area (Å²) in [6.07, 6.45) is 2.59. The van der Waals surface area contributed by atoms with Gasteiger partial charge in [0, 0.05) is 11.6 Å². The Hall–Kier alpha value is -3.57. The minimum Gasteiger partial charge on any atom is -0.448 e. The number of nitrogens with zero attached hydrogens (tertiary/aromatic N) is 1. The quantitative estimate of drug-likeness (QED) is 0.580. The highest BCUT2D eigenvalue weighted by Crippen LogP contribution is 2.44. The molecule has 2 heterocycles. The molecule has 2 aliphatic heterocycles. The van der Waals surface area contributed by atoms with Crippen LogP contribution in [0.15, 0.2) is 78.9 Å². The molecule has 33 heavy (non-hydrogen) atoms. The van der Waals surface area contributed by atoms with Crippen molar-refractivity contribution < 1.29 is 14.3 Å². The highest BCUT2D eigenvalue weighted by molar-refractivity contribution is 5.79. The Morgan fingerprint density at radius 1 is 0.970 bits per heavy atom. The summed E-state index contributed by atoms with van der Waals surface area (Å²) >= 11 is 0. The predicted octanol–water partition coefficient (Wildman–Crippen LogP) is 5.07. The first-order chi connectivity index (χ1) is 16.2. The number of rotatable bonds is 3. The molecule has 1 amide bonds. The molecule has 0 aromatic heterocycles. The molecule has 2 bridgehead atoms. The van der Waals surface area contributed by atoms with Crippen molar-refractivity contribution in [1.82, 2.24) is 4.90 Å². The highest BCUT2D eigenvalue weighted by Gasteiger charge is 2.39. The minimum absolute atomic E-state index is 0.0409. The maximum Gasteiger partial charge on any atom is 0.410 e. The fraction of sp³-hybridized carbons (Fsp3) is 0.250. The largest absolute Gasteiger partial charge is 0.448 e. The van der Waals surface area contributed by atoms with Crippen LogP contribution in [0, 0.1) is 0 Å². The van der Waals surface area contributed by atoms with Crippen LogP contribution in [0.2, 0.25) is 0 Å². The van der Waals surface area contributed by atoms with E-state index < -0.39 is 0 Å². The lowest BCUT2D eigenvalue weighted by atomic mass is 9.90. The number of benzene rings is 3. The molecular weight excluding hydrogens is 412 g/mol. The van der Waals surface area contributed by atoms with E-state index in [0.717, 1.165) is 17.7 Å². The average molecular weight is 439 g/mol. The van der Waals surface area contributed by atoms with Crippen molar-refractivity contribution in [2.45, 2.75) is 24.4 Å². The van der Waals surface area contributed by atoms with Crippen molar-refractivity contribution in [3.8, 4) is 11.1 Å². The van der Waals surface area contributed by atoms with E-state index in [1.54, 1.807) is 0 Å². The van der Waals surface area contributed by atoms with Crippen molar-refractivity contribution in [2.75, 3.05) is 25.6 Å². The van der Waals surface area contributed by atoms with Gasteiger partial charge in [-0.15, -0.1) is 0 Å². The van der Waals surface area contributed by atoms with Crippen LogP contribution in [0.4, 0.5) is 10.5 Å². The fourth-order valence-electron chi connectivity index (χ4n) is 5.50. The van der Waals surface area contributed by atoms with Crippen LogP contribution in [0.3, 0.4) is 0 Å². The van der Waals surface area contributed by atoms with Crippen molar-refractivity contribution in [3.05, 3.63) is 95.6 Å². The molecule has 0 radical (unpaired) electrons. The number of nitrogens with two attached hydrogens (primary N) is 1. The summed E-state index contributed by atoms with van der Waals surface area (Å²) in [5.41, 5.74) is 14.0. The van der Waals surface area contributed by atoms with Gasteiger partial charge in [0.25, 0.3) is 0 Å². The molecule has 5 heteroatoms. The summed E-state index contributed by atoms with van der Waals surface area (Å²) < 4.78 is 11.7. The van der Waals surface area contributed by atoms with E-state index >= 15 is 0 Å². The minimum atomic E-state index is -0.266. The lowest BCUT2D eigenvalue weighted by Crippen LogP contribution is -2.56. The third-order valence-electron chi connectivity index (χ3n) is 7.00. The molecule has 3 aliphatic rings. The van der Waals surface area contributed by atoms with Crippen molar-refractivity contribution >= 4 is 17.4 Å². The van der Waals surface area contributed by atoms with E-state index in [0.29, 0.717) is 19.8 Å². The number of carbonyl (C=O) groups is 1. The highest BCUT2D eigenvalue weighted by atomic mass is 16.6. The SMILES string of the molecule is Nc1cccc(C2=CC3COCC(C2)N3C(=O)OCC2c3ccccc3-c3ccccc32)c1. The van der Waals surface area contributed by atoms with Crippen LogP contribution in [0.25, 0.3) is 16.7 Å². The second-order valence-electron chi connectivity index (χ2n) is 8.99. The number of anilines is 1. The van der Waals surface area contributed by atoms with Crippen molar-refractivity contribution in [2.24, 2.45) is 0 Å². The molecule has 166 valence electrons. The van der Waals surface area contributed by atoms with Gasteiger partial charge in [-0.05, 0) is 51.9 Å². The summed E-state index contributed by atoms with van der Waals surface area (Å²) in [7, 11) is 0. The van der Waals surface area contributed by atoms with E-state index in [2.05, 4.69) is 60.7 Å². The van der Waals surface area contributed by atoms with Gasteiger partial charge in [-0.2, -0.15) is 0 Å². The standard InChI is InChI=1S/C28H26N2O3/c29-20-7-5-6-18(12-20)19-13-21-15-32-16-22(14-19)30(21)28(31)33-17-27-25-10-3-1-8-23(25)24-9-2-4-11-26(24)27/h1-13,21-22,27H,14-17,29H2. The van der Waals surface area contributed by atoms with Gasteiger partial charge in [-0.3, -0.25) is 4.90 Å². The number of ether oxygens (including phenoxy) is 2. The van der Waals surface area contributed by atoms with Crippen LogP contribution < -0.4 is 5.73 Å². The molecule has 1 aliphatic carbocycles. The van der Waals surface area contributed by atoms with Gasteiger partial charge < -0.3 is 15.2 Å². The Labute approximate surface area is 193 Å². The molecule has 3 aromatic carbocycles. The topological polar surface area (TPSA) is 64.8 Å². The maximum atomic E-state index is 13.3. The molecule has 0 spiro atoms. The molecule has 3 aromatic rings. The van der Waals surface area contributed by atoms with Gasteiger partial charge in [-0.1, -0.05) is 66.7 Å². The second-order valence-corrected chi connectivity index (χ2v) is 8.99. The molecule has 0 saturated carbocycles. The summed E-state index contributed by atoms with van der Waals surface area (Å²) in [6.45, 7) is 1.32. The maximum absolute atomic E-state index is 13.3. The van der Waals surface area contributed by atoms with Gasteiger partial charge in [-0.25, -0.2) is 4.79 Å². The lowest BCUT2D eigenvalue weighted by molar-refractivity contribution is -0.0331. The number of carbonyl (C=O) groups excluding carboxylic acids is 1. The first-order valence-electron chi connectivity index (χ1n) is 11.5. The molecule has 2 unspecified atom stereocenters. The number of fused-ring (bicyclic) bond motifs is 5. The number of nitrogen functional groups attached to an aromatic ring is 1. The van der Waals surface area contributed by atoms with E-state index in [1.807, 2.05) is 23.1 Å². The molecule has 1 fully saturated rings. The Kier molecular flexibility index (Phi) is 4.92. The predicted molar refractivity (Wildman–Crippen MR) is 129 cm³/mol. The Morgan fingerprint density at radius 2 is 1.70 bits per heavy atom. The molecule has 1 saturated heterocycles. The third-order valence-corrected chi connectivity index (χ3v) is 7.00. The van der Waals surface area contributed by atoms with Crippen molar-refractivity contribution in [3.63, 3.8) is 0 Å². The fourth-order valence-corrected chi connectivity index (χ4v) is 5.50. The molecular formula is C28H26N2O3. The summed E-state index contributed by atoms with van der Waals surface area (Å²) in [5, 5.41) is 0. The zero-order chi connectivity index (χ0) is 22.4. The number of morpholine rings is 1. The van der Waals surface area contributed by atoms with Crippen LogP contribution >= 0.6 is 0 Å². The summed E-state index contributed by atoms with van der Waals surface area (Å²) in [6, 6.07) is 24.5. The van der Waals surface area contributed by atoms with Crippen LogP contribution in [0.5, 0.6) is 0 Å². The smallest absolute Gasteiger partial charge is 0.410 e. The van der Waals surface area contributed by atoms with Crippen molar-refractivity contribution in [1.29, 1.82) is 0 Å². The first kappa shape index (κ1) is 20.1. The monoisotopic (exact) mass is 438 g/mol. The van der Waals surface area contributed by atoms with Gasteiger partial charge in [0.1, 0.15) is 6.61 Å². The van der Waals surface area contributed by atoms with Gasteiger partial charge in [0.2, 0.25) is 0 Å². The molecule has 6 rings (SSSR count). The summed E-state index contributed by atoms with van der Waals surface area (Å²) in [5.74, 6) is 0.0561. The van der Waals surface area contributed by atoms with Gasteiger partial charge in [0.05, 0.1) is 25.3 Å². The zero-order valence-electron chi connectivity index (χ0n) is 18.3. The molecule has 2 N–H and O–H groups in total. The second kappa shape index (κ2) is 8.09. The molecule has 2 atom stereocenters. The van der Waals surface area contributed by atoms with E-state index in [1.165, 1.54) is 27.8 Å². The van der Waals surface area contributed by atoms with E-state index in [9.17, 15) is 4.79 Å². The zero-order valence-corrected chi connectivity index (χ0v) is 18.3. The number of hydrogen-bond acceptors (Lipinski definition) is 4. The van der Waals surface area contributed by atoms with E-state index in [4.69, 9.17) is 15.2 Å². The Balaban J connectivity index is 1.22. The Bertz CT molecular complexity index is 1210. The van der Waals surface area contributed by atoms with Crippen LogP contribution in [-0.2, 0) is 9.47 Å². The summed E-state index contributed by atoms with van der Waals surface area (Å²) in [4.78, 5) is 15.2. The van der Waals surface area contributed by atoms with E-state index in [-0.39, 0.29) is 24.1 Å². The normalized spacial score (nSPS) is 21.2. The van der Waals surface area contributed by atoms with Gasteiger partial charge in [0.15, 0.2) is 0 Å². The van der Waals surface area contributed by atoms with Gasteiger partial charge >= 0.3 is 6.09 Å². The number of amides is 1. The van der Waals surface area contributed by atoms with Crippen LogP contribution in [0.1, 0.15) is 29.0 Å². The average Bonchev–Trinajstić information content (AvgIpc) is 3.15.